The Morgan fingerprint density at radius 1 is 1.04 bits per heavy atom. The van der Waals surface area contributed by atoms with Gasteiger partial charge in [-0.2, -0.15) is 0 Å². The van der Waals surface area contributed by atoms with Gasteiger partial charge in [-0.1, -0.05) is 61.3 Å². The molecular formula is C45H62N2O8S. The number of hydrogen-bond acceptors (Lipinski definition) is 10. The van der Waals surface area contributed by atoms with Gasteiger partial charge in [-0.15, -0.1) is 24.9 Å². The van der Waals surface area contributed by atoms with Gasteiger partial charge in [-0.3, -0.25) is 4.90 Å². The molecule has 2 aromatic carbocycles. The number of aliphatic hydroxyl groups is 2. The Morgan fingerprint density at radius 2 is 1.82 bits per heavy atom. The lowest BCUT2D eigenvalue weighted by Crippen LogP contribution is -2.70. The van der Waals surface area contributed by atoms with Crippen molar-refractivity contribution in [2.24, 2.45) is 22.9 Å². The molecular weight excluding hydrogens is 729 g/mol. The number of thioether (sulfide) groups is 1. The third kappa shape index (κ3) is 10.4. The van der Waals surface area contributed by atoms with Crippen molar-refractivity contribution in [3.63, 3.8) is 0 Å². The maximum Gasteiger partial charge on any atom is 0.410 e. The number of aliphatic hydroxyl groups excluding tert-OH is 2. The smallest absolute Gasteiger partial charge is 0.410 e. The Bertz CT molecular complexity index is 1620. The van der Waals surface area contributed by atoms with E-state index >= 15 is 0 Å². The normalized spacial score (nSPS) is 24.2. The lowest BCUT2D eigenvalue weighted by atomic mass is 9.55. The van der Waals surface area contributed by atoms with Crippen LogP contribution < -0.4 is 9.47 Å². The summed E-state index contributed by atoms with van der Waals surface area (Å²) in [5.74, 6) is 0.677. The minimum Gasteiger partial charge on any atom is -0.493 e. The number of fused-ring (bicyclic) bond motifs is 2. The molecule has 1 amide bonds. The fourth-order valence-electron chi connectivity index (χ4n) is 8.64. The summed E-state index contributed by atoms with van der Waals surface area (Å²) >= 11 is 1.76. The average Bonchev–Trinajstić information content (AvgIpc) is 3.21. The summed E-state index contributed by atoms with van der Waals surface area (Å²) in [6.07, 6.45) is 11.8. The van der Waals surface area contributed by atoms with Crippen LogP contribution in [0.1, 0.15) is 83.1 Å². The Morgan fingerprint density at radius 3 is 2.54 bits per heavy atom. The summed E-state index contributed by atoms with van der Waals surface area (Å²) in [7, 11) is 0. The summed E-state index contributed by atoms with van der Waals surface area (Å²) in [5.41, 5.74) is 2.80. The van der Waals surface area contributed by atoms with E-state index in [-0.39, 0.29) is 50.1 Å². The van der Waals surface area contributed by atoms with Gasteiger partial charge in [0.2, 0.25) is 5.79 Å². The zero-order valence-corrected chi connectivity index (χ0v) is 34.1. The molecule has 6 atom stereocenters. The predicted molar refractivity (Wildman–Crippen MR) is 222 cm³/mol. The predicted octanol–water partition coefficient (Wildman–Crippen LogP) is 8.94. The molecule has 2 N–H and O–H groups in total. The second-order valence-corrected chi connectivity index (χ2v) is 15.8. The molecule has 11 heteroatoms. The summed E-state index contributed by atoms with van der Waals surface area (Å²) in [5, 5.41) is 24.5. The second kappa shape index (κ2) is 22.2. The topological polar surface area (TPSA) is 119 Å². The third-order valence-corrected chi connectivity index (χ3v) is 11.9. The molecule has 0 spiro atoms. The Labute approximate surface area is 337 Å². The van der Waals surface area contributed by atoms with Gasteiger partial charge in [0.05, 0.1) is 31.5 Å². The van der Waals surface area contributed by atoms with Gasteiger partial charge in [0.1, 0.15) is 24.1 Å². The van der Waals surface area contributed by atoms with E-state index in [1.165, 1.54) is 4.90 Å². The van der Waals surface area contributed by atoms with Crippen LogP contribution in [0.2, 0.25) is 0 Å². The van der Waals surface area contributed by atoms with Crippen LogP contribution in [0.25, 0.3) is 0 Å². The summed E-state index contributed by atoms with van der Waals surface area (Å²) in [6, 6.07) is 15.8. The van der Waals surface area contributed by atoms with Gasteiger partial charge >= 0.3 is 6.09 Å². The van der Waals surface area contributed by atoms with Gasteiger partial charge < -0.3 is 34.0 Å². The van der Waals surface area contributed by atoms with Crippen LogP contribution in [0.15, 0.2) is 95.5 Å². The standard InChI is InChI=1S/C45H62N2O8S/c1-5-9-27-52-44(50)47(23-6-2)41-32-39(46-54-8-4)37-30-33(17-13-15-24-48)36(20-14-16-25-49)42-38-31-34(51-28-29-56-35-18-11-10-12-19-35)21-22-40(38)55-45(41,43(37)42)53-26-7-3/h5,7,10-12,18-19,21-22,30-31,33,36,41-43,48-49H,1,3,6,8-9,13-17,20,23-29,32H2,2,4H3. The number of ether oxygens (including phenoxy) is 4. The van der Waals surface area contributed by atoms with Crippen LogP contribution in [0.3, 0.4) is 0 Å². The van der Waals surface area contributed by atoms with Gasteiger partial charge in [-0.25, -0.2) is 4.79 Å². The molecule has 2 aliphatic carbocycles. The van der Waals surface area contributed by atoms with Gasteiger partial charge in [-0.05, 0) is 93.2 Å². The molecule has 0 aromatic heterocycles. The zero-order valence-electron chi connectivity index (χ0n) is 33.3. The van der Waals surface area contributed by atoms with Crippen LogP contribution in [-0.4, -0.2) is 90.7 Å². The van der Waals surface area contributed by atoms with Crippen molar-refractivity contribution >= 4 is 23.6 Å². The number of allylic oxidation sites excluding steroid dienone is 1. The maximum absolute atomic E-state index is 14.1. The second-order valence-electron chi connectivity index (χ2n) is 14.6. The lowest BCUT2D eigenvalue weighted by Gasteiger charge is -2.59. The zero-order chi connectivity index (χ0) is 39.8. The third-order valence-electron chi connectivity index (χ3n) is 10.9. The molecule has 1 saturated carbocycles. The molecule has 10 nitrogen and oxygen atoms in total. The van der Waals surface area contributed by atoms with Crippen molar-refractivity contribution < 1.29 is 38.8 Å². The van der Waals surface area contributed by atoms with Crippen molar-refractivity contribution in [3.8, 4) is 11.5 Å². The quantitative estimate of drug-likeness (QED) is 0.0465. The minimum absolute atomic E-state index is 0.120. The summed E-state index contributed by atoms with van der Waals surface area (Å²) in [4.78, 5) is 22.9. The first-order valence-electron chi connectivity index (χ1n) is 20.5. The van der Waals surface area contributed by atoms with E-state index in [4.69, 9.17) is 28.9 Å². The van der Waals surface area contributed by atoms with Crippen LogP contribution in [0, 0.1) is 17.8 Å². The maximum atomic E-state index is 14.1. The fourth-order valence-corrected chi connectivity index (χ4v) is 9.40. The summed E-state index contributed by atoms with van der Waals surface area (Å²) < 4.78 is 26.5. The fraction of sp³-hybridized carbons (Fsp3) is 0.556. The number of unbranched alkanes of at least 4 members (excludes halogenated alkanes) is 2. The van der Waals surface area contributed by atoms with Crippen LogP contribution in [-0.2, 0) is 14.3 Å². The van der Waals surface area contributed by atoms with Gasteiger partial charge in [0.15, 0.2) is 0 Å². The molecule has 56 heavy (non-hydrogen) atoms. The Balaban J connectivity index is 1.67. The van der Waals surface area contributed by atoms with Crippen molar-refractivity contribution in [1.29, 1.82) is 0 Å². The number of carbonyl (C=O) groups is 1. The Kier molecular flexibility index (Phi) is 17.2. The van der Waals surface area contributed by atoms with E-state index in [2.05, 4.69) is 37.4 Å². The van der Waals surface area contributed by atoms with Crippen molar-refractivity contribution in [2.75, 3.05) is 51.9 Å². The SMILES string of the molecule is C=CCCOC(=O)N(CCC)C1CC(=NOCC)C2=CC(CCCCO)C(CCCCO)C3c4cc(OCCSc5ccccc5)ccc4OC1(OCC=C)C23. The monoisotopic (exact) mass is 790 g/mol. The first-order valence-corrected chi connectivity index (χ1v) is 21.5. The number of nitrogens with zero attached hydrogens (tertiary/aromatic N) is 2. The number of rotatable bonds is 24. The molecule has 0 bridgehead atoms. The van der Waals surface area contributed by atoms with Crippen molar-refractivity contribution in [3.05, 3.63) is 91.1 Å². The van der Waals surface area contributed by atoms with Crippen molar-refractivity contribution in [1.82, 2.24) is 4.90 Å². The van der Waals surface area contributed by atoms with Crippen LogP contribution >= 0.6 is 11.8 Å². The van der Waals surface area contributed by atoms with E-state index in [0.717, 1.165) is 54.0 Å². The molecule has 0 saturated heterocycles. The largest absolute Gasteiger partial charge is 0.493 e. The highest BCUT2D eigenvalue weighted by Gasteiger charge is 2.65. The van der Waals surface area contributed by atoms with Gasteiger partial charge in [0.25, 0.3) is 0 Å². The van der Waals surface area contributed by atoms with E-state index in [1.807, 2.05) is 44.2 Å². The molecule has 3 aliphatic rings. The molecule has 2 aromatic rings. The Hall–Kier alpha value is -3.77. The highest BCUT2D eigenvalue weighted by molar-refractivity contribution is 7.99. The highest BCUT2D eigenvalue weighted by atomic mass is 32.2. The molecule has 1 aliphatic heterocycles. The summed E-state index contributed by atoms with van der Waals surface area (Å²) in [6.45, 7) is 13.8. The lowest BCUT2D eigenvalue weighted by molar-refractivity contribution is -0.255. The number of amides is 1. The first-order chi connectivity index (χ1) is 27.5. The van der Waals surface area contributed by atoms with E-state index in [9.17, 15) is 15.0 Å². The van der Waals surface area contributed by atoms with E-state index in [0.29, 0.717) is 57.6 Å². The molecule has 1 heterocycles. The number of benzene rings is 2. The molecule has 1 fully saturated rings. The first kappa shape index (κ1) is 43.4. The number of hydrogen-bond donors (Lipinski definition) is 2. The van der Waals surface area contributed by atoms with Crippen LogP contribution in [0.4, 0.5) is 4.79 Å². The molecule has 0 radical (unpaired) electrons. The van der Waals surface area contributed by atoms with Gasteiger partial charge in [0, 0.05) is 48.3 Å². The number of carbonyl (C=O) groups excluding carboxylic acids is 1. The highest BCUT2D eigenvalue weighted by Crippen LogP contribution is 2.62. The molecule has 6 unspecified atom stereocenters. The van der Waals surface area contributed by atoms with E-state index < -0.39 is 17.9 Å². The molecule has 306 valence electrons. The molecule has 5 rings (SSSR count). The minimum atomic E-state index is -1.32. The number of oxime groups is 1. The van der Waals surface area contributed by atoms with E-state index in [1.54, 1.807) is 28.8 Å². The van der Waals surface area contributed by atoms with Crippen molar-refractivity contribution in [2.45, 2.75) is 94.3 Å². The average molecular weight is 791 g/mol. The van der Waals surface area contributed by atoms with Crippen LogP contribution in [0.5, 0.6) is 11.5 Å².